The van der Waals surface area contributed by atoms with Crippen molar-refractivity contribution in [2.75, 3.05) is 0 Å². The minimum absolute atomic E-state index is 0.00575. The molecule has 0 unspecified atom stereocenters. The maximum atomic E-state index is 11.0. The number of nitrogens with zero attached hydrogens (tertiary/aromatic N) is 1. The van der Waals surface area contributed by atoms with Gasteiger partial charge in [0, 0.05) is 17.3 Å². The van der Waals surface area contributed by atoms with Crippen LogP contribution in [0.3, 0.4) is 0 Å². The molecule has 0 spiro atoms. The van der Waals surface area contributed by atoms with Gasteiger partial charge in [-0.2, -0.15) is 0 Å². The summed E-state index contributed by atoms with van der Waals surface area (Å²) in [6.45, 7) is 8.77. The van der Waals surface area contributed by atoms with Crippen molar-refractivity contribution < 1.29 is 4.79 Å². The molecule has 66 valence electrons. The van der Waals surface area contributed by atoms with Crippen LogP contribution in [0.4, 0.5) is 0 Å². The lowest BCUT2D eigenvalue weighted by Gasteiger charge is -2.01. The van der Waals surface area contributed by atoms with Crippen molar-refractivity contribution in [3.05, 3.63) is 42.2 Å². The highest BCUT2D eigenvalue weighted by Crippen LogP contribution is 2.11. The summed E-state index contributed by atoms with van der Waals surface area (Å²) in [6.07, 6.45) is 4.85. The van der Waals surface area contributed by atoms with E-state index in [0.717, 1.165) is 11.3 Å². The van der Waals surface area contributed by atoms with Crippen LogP contribution in [0.25, 0.3) is 12.2 Å². The first kappa shape index (κ1) is 9.39. The SMILES string of the molecule is C=Cc1cc(C(C)=O)cnc1C=C. The Morgan fingerprint density at radius 3 is 2.62 bits per heavy atom. The van der Waals surface area contributed by atoms with E-state index in [-0.39, 0.29) is 5.78 Å². The third kappa shape index (κ3) is 1.90. The lowest BCUT2D eigenvalue weighted by molar-refractivity contribution is 0.101. The topological polar surface area (TPSA) is 30.0 Å². The molecule has 1 rings (SSSR count). The van der Waals surface area contributed by atoms with Crippen molar-refractivity contribution in [1.82, 2.24) is 4.98 Å². The van der Waals surface area contributed by atoms with Gasteiger partial charge in [0.1, 0.15) is 0 Å². The van der Waals surface area contributed by atoms with Gasteiger partial charge >= 0.3 is 0 Å². The Morgan fingerprint density at radius 1 is 1.46 bits per heavy atom. The first-order valence-corrected chi connectivity index (χ1v) is 3.95. The van der Waals surface area contributed by atoms with E-state index in [9.17, 15) is 4.79 Å². The highest BCUT2D eigenvalue weighted by molar-refractivity contribution is 5.94. The zero-order valence-electron chi connectivity index (χ0n) is 7.58. The summed E-state index contributed by atoms with van der Waals surface area (Å²) in [5, 5.41) is 0. The number of carbonyl (C=O) groups excluding carboxylic acids is 1. The normalized spacial score (nSPS) is 9.31. The average Bonchev–Trinajstić information content (AvgIpc) is 2.16. The third-order valence-corrected chi connectivity index (χ3v) is 1.77. The van der Waals surface area contributed by atoms with Gasteiger partial charge in [0.2, 0.25) is 0 Å². The maximum absolute atomic E-state index is 11.0. The van der Waals surface area contributed by atoms with Crippen molar-refractivity contribution in [2.45, 2.75) is 6.92 Å². The number of hydrogen-bond acceptors (Lipinski definition) is 2. The van der Waals surface area contributed by atoms with Gasteiger partial charge in [-0.25, -0.2) is 0 Å². The number of pyridine rings is 1. The van der Waals surface area contributed by atoms with E-state index < -0.39 is 0 Å². The van der Waals surface area contributed by atoms with E-state index in [4.69, 9.17) is 0 Å². The van der Waals surface area contributed by atoms with Crippen molar-refractivity contribution in [1.29, 1.82) is 0 Å². The second kappa shape index (κ2) is 3.81. The second-order valence-corrected chi connectivity index (χ2v) is 2.66. The summed E-state index contributed by atoms with van der Waals surface area (Å²) in [5.74, 6) is 0.00575. The first-order chi connectivity index (χ1) is 6.19. The van der Waals surface area contributed by atoms with Crippen LogP contribution in [0.1, 0.15) is 28.5 Å². The molecular weight excluding hydrogens is 162 g/mol. The van der Waals surface area contributed by atoms with Crippen molar-refractivity contribution in [3.8, 4) is 0 Å². The number of ketones is 1. The van der Waals surface area contributed by atoms with Gasteiger partial charge in [-0.3, -0.25) is 9.78 Å². The zero-order valence-corrected chi connectivity index (χ0v) is 7.58. The molecule has 1 aromatic rings. The van der Waals surface area contributed by atoms with Crippen LogP contribution in [0.2, 0.25) is 0 Å². The van der Waals surface area contributed by atoms with Gasteiger partial charge in [-0.05, 0) is 19.1 Å². The Bertz CT molecular complexity index is 366. The summed E-state index contributed by atoms with van der Waals surface area (Å²) in [7, 11) is 0. The Balaban J connectivity index is 3.28. The predicted octanol–water partition coefficient (Wildman–Crippen LogP) is 2.57. The number of aromatic nitrogens is 1. The van der Waals surface area contributed by atoms with Gasteiger partial charge in [0.05, 0.1) is 5.69 Å². The summed E-state index contributed by atoms with van der Waals surface area (Å²) < 4.78 is 0. The van der Waals surface area contributed by atoms with E-state index in [1.807, 2.05) is 0 Å². The average molecular weight is 173 g/mol. The van der Waals surface area contributed by atoms with Crippen LogP contribution in [0, 0.1) is 0 Å². The smallest absolute Gasteiger partial charge is 0.161 e. The van der Waals surface area contributed by atoms with E-state index in [1.165, 1.54) is 6.92 Å². The summed E-state index contributed by atoms with van der Waals surface area (Å²) >= 11 is 0. The minimum atomic E-state index is 0.00575. The monoisotopic (exact) mass is 173 g/mol. The number of Topliss-reactive ketones (excluding diaryl/α,β-unsaturated/α-hetero) is 1. The zero-order chi connectivity index (χ0) is 9.84. The van der Waals surface area contributed by atoms with Crippen molar-refractivity contribution in [2.24, 2.45) is 0 Å². The maximum Gasteiger partial charge on any atom is 0.161 e. The number of carbonyl (C=O) groups is 1. The van der Waals surface area contributed by atoms with Crippen LogP contribution in [-0.4, -0.2) is 10.8 Å². The summed E-state index contributed by atoms with van der Waals surface area (Å²) in [5.41, 5.74) is 2.18. The van der Waals surface area contributed by atoms with Crippen LogP contribution in [0.15, 0.2) is 25.4 Å². The predicted molar refractivity (Wildman–Crippen MR) is 54.4 cm³/mol. The number of rotatable bonds is 3. The molecule has 2 heteroatoms. The highest BCUT2D eigenvalue weighted by Gasteiger charge is 2.02. The van der Waals surface area contributed by atoms with Gasteiger partial charge < -0.3 is 0 Å². The molecule has 2 nitrogen and oxygen atoms in total. The molecule has 0 saturated heterocycles. The van der Waals surface area contributed by atoms with Gasteiger partial charge in [-0.1, -0.05) is 19.2 Å². The fraction of sp³-hybridized carbons (Fsp3) is 0.0909. The molecule has 0 aromatic carbocycles. The summed E-state index contributed by atoms with van der Waals surface area (Å²) in [4.78, 5) is 15.1. The molecule has 1 heterocycles. The largest absolute Gasteiger partial charge is 0.294 e. The Morgan fingerprint density at radius 2 is 2.15 bits per heavy atom. The molecule has 0 N–H and O–H groups in total. The molecular formula is C11H11NO. The lowest BCUT2D eigenvalue weighted by Crippen LogP contribution is -1.96. The van der Waals surface area contributed by atoms with Crippen LogP contribution in [-0.2, 0) is 0 Å². The third-order valence-electron chi connectivity index (χ3n) is 1.77. The lowest BCUT2D eigenvalue weighted by atomic mass is 10.1. The molecule has 0 saturated carbocycles. The van der Waals surface area contributed by atoms with E-state index in [1.54, 1.807) is 24.4 Å². The van der Waals surface area contributed by atoms with Gasteiger partial charge in [0.25, 0.3) is 0 Å². The molecule has 0 aliphatic carbocycles. The summed E-state index contributed by atoms with van der Waals surface area (Å²) in [6, 6.07) is 1.76. The molecule has 0 aliphatic heterocycles. The highest BCUT2D eigenvalue weighted by atomic mass is 16.1. The second-order valence-electron chi connectivity index (χ2n) is 2.66. The molecule has 13 heavy (non-hydrogen) atoms. The molecule has 0 radical (unpaired) electrons. The van der Waals surface area contributed by atoms with Gasteiger partial charge in [-0.15, -0.1) is 0 Å². The Hall–Kier alpha value is -1.70. The van der Waals surface area contributed by atoms with Crippen LogP contribution < -0.4 is 0 Å². The van der Waals surface area contributed by atoms with E-state index in [2.05, 4.69) is 18.1 Å². The van der Waals surface area contributed by atoms with E-state index in [0.29, 0.717) is 5.56 Å². The number of hydrogen-bond donors (Lipinski definition) is 0. The Kier molecular flexibility index (Phi) is 2.75. The van der Waals surface area contributed by atoms with Crippen molar-refractivity contribution in [3.63, 3.8) is 0 Å². The fourth-order valence-corrected chi connectivity index (χ4v) is 1.02. The van der Waals surface area contributed by atoms with Crippen molar-refractivity contribution >= 4 is 17.9 Å². The molecule has 0 atom stereocenters. The Labute approximate surface area is 77.6 Å². The van der Waals surface area contributed by atoms with Crippen LogP contribution >= 0.6 is 0 Å². The molecule has 1 aromatic heterocycles. The van der Waals surface area contributed by atoms with Gasteiger partial charge in [0.15, 0.2) is 5.78 Å². The van der Waals surface area contributed by atoms with Crippen LogP contribution in [0.5, 0.6) is 0 Å². The molecule has 0 bridgehead atoms. The quantitative estimate of drug-likeness (QED) is 0.657. The van der Waals surface area contributed by atoms with E-state index >= 15 is 0 Å². The standard InChI is InChI=1S/C11H11NO/c1-4-9-6-10(8(3)13)7-12-11(9)5-2/h4-7H,1-2H2,3H3. The molecule has 0 fully saturated rings. The molecule has 0 aliphatic rings. The first-order valence-electron chi connectivity index (χ1n) is 3.95. The fourth-order valence-electron chi connectivity index (χ4n) is 1.02. The minimum Gasteiger partial charge on any atom is -0.294 e. The molecule has 0 amide bonds.